The standard InChI is InChI=1S/C20H4Cl4I4O5/c21-10-8(9(20(31)32)11(22)13(24)12(10)23)7-3-1-5(25)16(29)14(27)18(3)33-19-4(7)2-6(26)17(30)15(19)28/h1-2,29H,(H,31,32)/i25+4,26+4. The Morgan fingerprint density at radius 2 is 1.52 bits per heavy atom. The van der Waals surface area contributed by atoms with E-state index in [1.807, 2.05) is 90.4 Å². The summed E-state index contributed by atoms with van der Waals surface area (Å²) < 4.78 is 7.64. The number of hydrogen-bond acceptors (Lipinski definition) is 4. The lowest BCUT2D eigenvalue weighted by molar-refractivity contribution is 0.0698. The Morgan fingerprint density at radius 3 is 2.12 bits per heavy atom. The van der Waals surface area contributed by atoms with E-state index >= 15 is 0 Å². The number of halogens is 8. The van der Waals surface area contributed by atoms with Crippen LogP contribution >= 0.6 is 137 Å². The number of benzene rings is 3. The Labute approximate surface area is 260 Å². The highest BCUT2D eigenvalue weighted by Crippen LogP contribution is 2.52. The van der Waals surface area contributed by atoms with E-state index in [1.165, 1.54) is 0 Å². The lowest BCUT2D eigenvalue weighted by Crippen LogP contribution is -2.13. The molecule has 0 unspecified atom stereocenters. The molecule has 33 heavy (non-hydrogen) atoms. The predicted octanol–water partition coefficient (Wildman–Crippen LogP) is 9.00. The summed E-state index contributed by atoms with van der Waals surface area (Å²) in [4.78, 5) is 25.0. The van der Waals surface area contributed by atoms with Crippen LogP contribution in [-0.4, -0.2) is 16.2 Å². The van der Waals surface area contributed by atoms with Crippen LogP contribution < -0.4 is 5.43 Å². The van der Waals surface area contributed by atoms with Crippen molar-refractivity contribution in [3.05, 3.63) is 62.3 Å². The van der Waals surface area contributed by atoms with Crippen LogP contribution in [0.15, 0.2) is 21.3 Å². The van der Waals surface area contributed by atoms with Crippen LogP contribution in [0.5, 0.6) is 5.75 Å². The van der Waals surface area contributed by atoms with Crippen molar-refractivity contribution in [3.63, 3.8) is 0 Å². The Bertz CT molecular complexity index is 1570. The SMILES string of the molecule is O=C(O)c1c(Cl)c(Cl)c(Cl)c(Cl)c1-c1c2cc([131I])c(=O)c(I)c-2oc2c(I)c(O)c([131I])cc12. The van der Waals surface area contributed by atoms with Crippen LogP contribution in [0.25, 0.3) is 33.4 Å². The van der Waals surface area contributed by atoms with E-state index in [0.29, 0.717) is 27.2 Å². The largest absolute Gasteiger partial charge is 0.506 e. The number of hydrogen-bond donors (Lipinski definition) is 2. The molecule has 0 radical (unpaired) electrons. The molecule has 0 aromatic heterocycles. The topological polar surface area (TPSA) is 87.7 Å². The molecule has 1 aliphatic carbocycles. The van der Waals surface area contributed by atoms with Gasteiger partial charge in [0.05, 0.1) is 36.4 Å². The number of carboxylic acids is 1. The molecule has 0 saturated carbocycles. The minimum atomic E-state index is -1.37. The van der Waals surface area contributed by atoms with Crippen LogP contribution in [-0.2, 0) is 0 Å². The van der Waals surface area contributed by atoms with Gasteiger partial charge >= 0.3 is 5.97 Å². The molecule has 1 aliphatic heterocycles. The maximum absolute atomic E-state index is 12.7. The zero-order valence-electron chi connectivity index (χ0n) is 15.3. The molecular weight excluding hydrogens is 978 g/mol. The molecule has 0 bridgehead atoms. The molecule has 170 valence electrons. The van der Waals surface area contributed by atoms with Crippen LogP contribution in [0, 0.1) is 14.3 Å². The second-order valence-electron chi connectivity index (χ2n) is 6.56. The van der Waals surface area contributed by atoms with Gasteiger partial charge in [-0.2, -0.15) is 0 Å². The average Bonchev–Trinajstić information content (AvgIpc) is 2.76. The zero-order chi connectivity index (χ0) is 24.5. The Hall–Kier alpha value is 0.480. The summed E-state index contributed by atoms with van der Waals surface area (Å²) >= 11 is 33.1. The number of carbonyl (C=O) groups is 1. The fourth-order valence-electron chi connectivity index (χ4n) is 3.33. The number of carboxylic acid groups (broad SMARTS) is 1. The highest BCUT2D eigenvalue weighted by atomic mass is 131. The average molecular weight is 982 g/mol. The Morgan fingerprint density at radius 1 is 0.909 bits per heavy atom. The van der Waals surface area contributed by atoms with Gasteiger partial charge in [-0.15, -0.1) is 0 Å². The van der Waals surface area contributed by atoms with E-state index in [0.717, 1.165) is 0 Å². The maximum Gasteiger partial charge on any atom is 0.337 e. The van der Waals surface area contributed by atoms with Crippen LogP contribution in [0.1, 0.15) is 10.4 Å². The van der Waals surface area contributed by atoms with Gasteiger partial charge in [0, 0.05) is 22.1 Å². The van der Waals surface area contributed by atoms with Crippen molar-refractivity contribution < 1.29 is 19.4 Å². The van der Waals surface area contributed by atoms with Gasteiger partial charge in [-0.05, 0) is 102 Å². The van der Waals surface area contributed by atoms with Crippen molar-refractivity contribution >= 4 is 154 Å². The van der Waals surface area contributed by atoms with Gasteiger partial charge in [0.15, 0.2) is 11.3 Å². The van der Waals surface area contributed by atoms with Crippen LogP contribution in [0.2, 0.25) is 20.1 Å². The fraction of sp³-hybridized carbons (Fsp3) is 0. The molecule has 0 atom stereocenters. The molecule has 0 saturated heterocycles. The Kier molecular flexibility index (Phi) is 7.84. The lowest BCUT2D eigenvalue weighted by Gasteiger charge is -2.21. The van der Waals surface area contributed by atoms with Gasteiger partial charge in [-0.25, -0.2) is 4.79 Å². The van der Waals surface area contributed by atoms with Gasteiger partial charge in [0.1, 0.15) is 9.32 Å². The summed E-state index contributed by atoms with van der Waals surface area (Å²) in [6.45, 7) is 0. The number of rotatable bonds is 2. The van der Waals surface area contributed by atoms with Gasteiger partial charge in [-0.3, -0.25) is 4.79 Å². The van der Waals surface area contributed by atoms with E-state index in [2.05, 4.69) is 0 Å². The number of phenols is 1. The molecule has 13 heteroatoms. The third-order valence-electron chi connectivity index (χ3n) is 4.75. The molecule has 2 aliphatic rings. The second kappa shape index (κ2) is 9.74. The number of fused-ring (bicyclic) bond motifs is 2. The molecule has 4 rings (SSSR count). The molecule has 5 nitrogen and oxygen atoms in total. The maximum atomic E-state index is 12.7. The van der Waals surface area contributed by atoms with E-state index in [-0.39, 0.29) is 57.3 Å². The first-order valence-corrected chi connectivity index (χ1v) is 14.3. The fourth-order valence-corrected chi connectivity index (χ4v) is 7.93. The van der Waals surface area contributed by atoms with Crippen LogP contribution in [0.3, 0.4) is 0 Å². The Balaban J connectivity index is 2.43. The van der Waals surface area contributed by atoms with Crippen molar-refractivity contribution in [1.82, 2.24) is 0 Å². The van der Waals surface area contributed by atoms with E-state index in [4.69, 9.17) is 50.8 Å². The monoisotopic (exact) mass is 980 g/mol. The summed E-state index contributed by atoms with van der Waals surface area (Å²) in [5.41, 5.74) is 0.423. The van der Waals surface area contributed by atoms with Crippen molar-refractivity contribution in [1.29, 1.82) is 0 Å². The van der Waals surface area contributed by atoms with Gasteiger partial charge < -0.3 is 14.6 Å². The first-order valence-electron chi connectivity index (χ1n) is 8.43. The van der Waals surface area contributed by atoms with Crippen LogP contribution in [0.4, 0.5) is 0 Å². The highest BCUT2D eigenvalue weighted by Gasteiger charge is 2.32. The quantitative estimate of drug-likeness (QED) is 0.0907. The summed E-state index contributed by atoms with van der Waals surface area (Å²) in [5, 5.41) is 20.3. The third kappa shape index (κ3) is 4.23. The van der Waals surface area contributed by atoms with E-state index in [1.54, 1.807) is 12.1 Å². The molecule has 2 N–H and O–H groups in total. The second-order valence-corrected chi connectivity index (χ2v) is 12.6. The molecule has 1 heterocycles. The normalized spacial score (nSPS) is 11.5. The predicted molar refractivity (Wildman–Crippen MR) is 164 cm³/mol. The molecule has 0 fully saturated rings. The number of phenolic OH excluding ortho intramolecular Hbond substituents is 1. The van der Waals surface area contributed by atoms with E-state index < -0.39 is 5.97 Å². The smallest absolute Gasteiger partial charge is 0.337 e. The van der Waals surface area contributed by atoms with Crippen molar-refractivity contribution in [2.45, 2.75) is 0 Å². The van der Waals surface area contributed by atoms with Gasteiger partial charge in [0.25, 0.3) is 0 Å². The number of aromatic hydroxyl groups is 1. The molecule has 2 aromatic carbocycles. The first kappa shape index (κ1) is 26.5. The third-order valence-corrected chi connectivity index (χ3v) is 10.2. The minimum Gasteiger partial charge on any atom is -0.506 e. The number of aromatic carboxylic acids is 1. The molecule has 2 aromatic rings. The summed E-state index contributed by atoms with van der Waals surface area (Å²) in [6, 6.07) is 3.22. The molecule has 0 spiro atoms. The molecule has 0 amide bonds. The summed E-state index contributed by atoms with van der Waals surface area (Å²) in [7, 11) is 0. The van der Waals surface area contributed by atoms with E-state index in [9.17, 15) is 19.8 Å². The summed E-state index contributed by atoms with van der Waals surface area (Å²) in [5.74, 6) is -1.18. The summed E-state index contributed by atoms with van der Waals surface area (Å²) in [6.07, 6.45) is 0. The van der Waals surface area contributed by atoms with Gasteiger partial charge in [0.2, 0.25) is 5.43 Å². The highest BCUT2D eigenvalue weighted by molar-refractivity contribution is 14.1. The zero-order valence-corrected chi connectivity index (χ0v) is 27.0. The molecular formula is C20H4Cl4I4O5. The van der Waals surface area contributed by atoms with Crippen molar-refractivity contribution in [2.75, 3.05) is 0 Å². The van der Waals surface area contributed by atoms with Crippen molar-refractivity contribution in [2.24, 2.45) is 0 Å². The lowest BCUT2D eigenvalue weighted by atomic mass is 9.90. The van der Waals surface area contributed by atoms with Crippen molar-refractivity contribution in [3.8, 4) is 28.2 Å². The first-order chi connectivity index (χ1) is 15.4. The van der Waals surface area contributed by atoms with Gasteiger partial charge in [-0.1, -0.05) is 46.4 Å². The minimum absolute atomic E-state index is 0.0163.